The highest BCUT2D eigenvalue weighted by Gasteiger charge is 2.45. The lowest BCUT2D eigenvalue weighted by atomic mass is 9.94. The van der Waals surface area contributed by atoms with Crippen LogP contribution < -0.4 is 0 Å². The second kappa shape index (κ2) is 3.82. The summed E-state index contributed by atoms with van der Waals surface area (Å²) >= 11 is 0. The van der Waals surface area contributed by atoms with Crippen LogP contribution in [0.5, 0.6) is 0 Å². The predicted octanol–water partition coefficient (Wildman–Crippen LogP) is 1.07. The minimum Gasteiger partial charge on any atom is -0.368 e. The predicted molar refractivity (Wildman–Crippen MR) is 63.4 cm³/mol. The Labute approximate surface area is 105 Å². The second-order valence-corrected chi connectivity index (χ2v) is 5.68. The van der Waals surface area contributed by atoms with Gasteiger partial charge in [-0.15, -0.1) is 0 Å². The number of carbonyl (C=O) groups excluding carboxylic acids is 1. The molecule has 18 heavy (non-hydrogen) atoms. The van der Waals surface area contributed by atoms with Gasteiger partial charge in [-0.25, -0.2) is 0 Å². The van der Waals surface area contributed by atoms with Crippen LogP contribution in [0.4, 0.5) is 0 Å². The summed E-state index contributed by atoms with van der Waals surface area (Å²) in [5.74, 6) is 1.27. The highest BCUT2D eigenvalue weighted by atomic mass is 16.5. The number of nitrogens with zero attached hydrogens (tertiary/aromatic N) is 2. The largest absolute Gasteiger partial charge is 0.368 e. The first kappa shape index (κ1) is 10.6. The van der Waals surface area contributed by atoms with Crippen molar-refractivity contribution in [2.75, 3.05) is 6.61 Å². The number of hydrogen-bond acceptors (Lipinski definition) is 3. The highest BCUT2D eigenvalue weighted by molar-refractivity contribution is 5.82. The van der Waals surface area contributed by atoms with E-state index in [-0.39, 0.29) is 12.0 Å². The fraction of sp³-hybridized carbons (Fsp3) is 0.692. The minimum atomic E-state index is -0.186. The third-order valence-corrected chi connectivity index (χ3v) is 4.67. The molecule has 0 bridgehead atoms. The molecule has 0 radical (unpaired) electrons. The molecule has 1 N–H and O–H groups in total. The van der Waals surface area contributed by atoms with E-state index in [2.05, 4.69) is 10.2 Å². The maximum atomic E-state index is 12.5. The SMILES string of the molecule is O=C([C@H]1OC[C@H]2CCC[C@H]21)N1Cc2cn[nH]c2C1. The van der Waals surface area contributed by atoms with E-state index in [1.54, 1.807) is 0 Å². The Bertz CT molecular complexity index is 464. The molecule has 1 aliphatic carbocycles. The van der Waals surface area contributed by atoms with Crippen molar-refractivity contribution in [3.8, 4) is 0 Å². The van der Waals surface area contributed by atoms with Crippen LogP contribution in [0.3, 0.4) is 0 Å². The first-order chi connectivity index (χ1) is 8.83. The molecular weight excluding hydrogens is 230 g/mol. The first-order valence-electron chi connectivity index (χ1n) is 6.74. The van der Waals surface area contributed by atoms with Crippen molar-refractivity contribution in [2.45, 2.75) is 38.5 Å². The number of ether oxygens (including phenoxy) is 1. The molecule has 0 aromatic carbocycles. The Kier molecular flexibility index (Phi) is 2.24. The molecule has 1 saturated heterocycles. The van der Waals surface area contributed by atoms with Gasteiger partial charge in [0.15, 0.2) is 0 Å². The lowest BCUT2D eigenvalue weighted by molar-refractivity contribution is -0.143. The van der Waals surface area contributed by atoms with Crippen molar-refractivity contribution in [1.29, 1.82) is 0 Å². The van der Waals surface area contributed by atoms with Crippen molar-refractivity contribution in [2.24, 2.45) is 11.8 Å². The molecule has 1 amide bonds. The summed E-state index contributed by atoms with van der Waals surface area (Å²) in [5.41, 5.74) is 2.22. The average molecular weight is 247 g/mol. The van der Waals surface area contributed by atoms with Crippen LogP contribution in [0.2, 0.25) is 0 Å². The minimum absolute atomic E-state index is 0.175. The van der Waals surface area contributed by atoms with E-state index in [0.29, 0.717) is 24.9 Å². The Balaban J connectivity index is 1.50. The van der Waals surface area contributed by atoms with Gasteiger partial charge in [0.05, 0.1) is 25.0 Å². The number of H-pyrrole nitrogens is 1. The van der Waals surface area contributed by atoms with E-state index in [9.17, 15) is 4.79 Å². The van der Waals surface area contributed by atoms with Crippen molar-refractivity contribution in [3.05, 3.63) is 17.5 Å². The highest BCUT2D eigenvalue weighted by Crippen LogP contribution is 2.41. The van der Waals surface area contributed by atoms with Gasteiger partial charge in [-0.3, -0.25) is 9.89 Å². The summed E-state index contributed by atoms with van der Waals surface area (Å²) in [7, 11) is 0. The van der Waals surface area contributed by atoms with Gasteiger partial charge in [-0.2, -0.15) is 5.10 Å². The number of aromatic amines is 1. The van der Waals surface area contributed by atoms with E-state index in [1.807, 2.05) is 11.1 Å². The zero-order valence-corrected chi connectivity index (χ0v) is 10.3. The maximum Gasteiger partial charge on any atom is 0.252 e. The molecule has 2 fully saturated rings. The summed E-state index contributed by atoms with van der Waals surface area (Å²) in [6, 6.07) is 0. The molecule has 3 heterocycles. The van der Waals surface area contributed by atoms with Crippen LogP contribution in [0, 0.1) is 11.8 Å². The van der Waals surface area contributed by atoms with Gasteiger partial charge in [-0.05, 0) is 24.7 Å². The summed E-state index contributed by atoms with van der Waals surface area (Å²) in [6.45, 7) is 2.12. The molecule has 3 aliphatic rings. The average Bonchev–Trinajstić information content (AvgIpc) is 3.07. The lowest BCUT2D eigenvalue weighted by Crippen LogP contribution is -2.39. The molecule has 3 atom stereocenters. The maximum absolute atomic E-state index is 12.5. The molecule has 1 saturated carbocycles. The fourth-order valence-corrected chi connectivity index (χ4v) is 3.68. The molecule has 96 valence electrons. The molecule has 0 spiro atoms. The molecule has 1 aromatic rings. The number of fused-ring (bicyclic) bond motifs is 2. The van der Waals surface area contributed by atoms with Crippen LogP contribution in [0.1, 0.15) is 30.5 Å². The number of nitrogens with one attached hydrogen (secondary N) is 1. The lowest BCUT2D eigenvalue weighted by Gasteiger charge is -2.23. The standard InChI is InChI=1S/C13H17N3O2/c17-13(12-10-3-1-2-8(10)7-18-12)16-5-9-4-14-15-11(9)6-16/h4,8,10,12H,1-3,5-7H2,(H,14,15)/t8-,10-,12+/m1/s1. The van der Waals surface area contributed by atoms with Crippen LogP contribution in [-0.4, -0.2) is 33.7 Å². The number of rotatable bonds is 1. The second-order valence-electron chi connectivity index (χ2n) is 5.68. The molecule has 0 unspecified atom stereocenters. The van der Waals surface area contributed by atoms with Crippen molar-refractivity contribution < 1.29 is 9.53 Å². The van der Waals surface area contributed by atoms with Gasteiger partial charge < -0.3 is 9.64 Å². The molecule has 1 aromatic heterocycles. The number of amides is 1. The summed E-state index contributed by atoms with van der Waals surface area (Å²) in [5, 5.41) is 6.95. The molecule has 2 aliphatic heterocycles. The third-order valence-electron chi connectivity index (χ3n) is 4.67. The zero-order chi connectivity index (χ0) is 12.1. The summed E-state index contributed by atoms with van der Waals surface area (Å²) in [4.78, 5) is 14.4. The smallest absolute Gasteiger partial charge is 0.252 e. The van der Waals surface area contributed by atoms with Gasteiger partial charge >= 0.3 is 0 Å². The molecule has 5 nitrogen and oxygen atoms in total. The molecule has 5 heteroatoms. The van der Waals surface area contributed by atoms with E-state index in [0.717, 1.165) is 24.3 Å². The van der Waals surface area contributed by atoms with E-state index >= 15 is 0 Å². The van der Waals surface area contributed by atoms with E-state index in [1.165, 1.54) is 12.8 Å². The quantitative estimate of drug-likeness (QED) is 0.807. The number of carbonyl (C=O) groups is 1. The monoisotopic (exact) mass is 247 g/mol. The van der Waals surface area contributed by atoms with Gasteiger partial charge in [0.1, 0.15) is 6.10 Å². The van der Waals surface area contributed by atoms with Crippen LogP contribution in [0.25, 0.3) is 0 Å². The van der Waals surface area contributed by atoms with Crippen molar-refractivity contribution in [1.82, 2.24) is 15.1 Å². The van der Waals surface area contributed by atoms with Crippen molar-refractivity contribution in [3.63, 3.8) is 0 Å². The summed E-state index contributed by atoms with van der Waals surface area (Å²) < 4.78 is 5.75. The zero-order valence-electron chi connectivity index (χ0n) is 10.3. The van der Waals surface area contributed by atoms with Gasteiger partial charge in [0, 0.05) is 12.1 Å². The Hall–Kier alpha value is -1.36. The van der Waals surface area contributed by atoms with E-state index < -0.39 is 0 Å². The van der Waals surface area contributed by atoms with Crippen molar-refractivity contribution >= 4 is 5.91 Å². The molecular formula is C13H17N3O2. The van der Waals surface area contributed by atoms with E-state index in [4.69, 9.17) is 4.74 Å². The summed E-state index contributed by atoms with van der Waals surface area (Å²) in [6.07, 6.45) is 5.27. The van der Waals surface area contributed by atoms with Gasteiger partial charge in [0.25, 0.3) is 5.91 Å². The Morgan fingerprint density at radius 2 is 2.39 bits per heavy atom. The number of hydrogen-bond donors (Lipinski definition) is 1. The topological polar surface area (TPSA) is 58.2 Å². The van der Waals surface area contributed by atoms with Crippen LogP contribution in [-0.2, 0) is 22.6 Å². The third kappa shape index (κ3) is 1.43. The molecule has 4 rings (SSSR count). The number of aromatic nitrogens is 2. The van der Waals surface area contributed by atoms with Crippen LogP contribution in [0.15, 0.2) is 6.20 Å². The van der Waals surface area contributed by atoms with Crippen LogP contribution >= 0.6 is 0 Å². The van der Waals surface area contributed by atoms with Gasteiger partial charge in [-0.1, -0.05) is 6.42 Å². The fourth-order valence-electron chi connectivity index (χ4n) is 3.68. The Morgan fingerprint density at radius 1 is 1.44 bits per heavy atom. The Morgan fingerprint density at radius 3 is 3.28 bits per heavy atom. The first-order valence-corrected chi connectivity index (χ1v) is 6.74. The van der Waals surface area contributed by atoms with Gasteiger partial charge in [0.2, 0.25) is 0 Å². The normalized spacial score (nSPS) is 33.8.